The van der Waals surface area contributed by atoms with Gasteiger partial charge in [0.25, 0.3) is 5.69 Å². The Bertz CT molecular complexity index is 621. The molecule has 20 heavy (non-hydrogen) atoms. The first-order chi connectivity index (χ1) is 9.23. The molecule has 8 heteroatoms. The summed E-state index contributed by atoms with van der Waals surface area (Å²) in [5, 5.41) is 28.6. The lowest BCUT2D eigenvalue weighted by Crippen LogP contribution is -2.07. The molecule has 0 aromatic heterocycles. The lowest BCUT2D eigenvalue weighted by molar-refractivity contribution is -0.385. The van der Waals surface area contributed by atoms with Crippen LogP contribution in [0.3, 0.4) is 0 Å². The summed E-state index contributed by atoms with van der Waals surface area (Å²) >= 11 is 0. The summed E-state index contributed by atoms with van der Waals surface area (Å²) in [7, 11) is 0. The van der Waals surface area contributed by atoms with Crippen molar-refractivity contribution in [3.63, 3.8) is 0 Å². The highest BCUT2D eigenvalue weighted by Gasteiger charge is 2.20. The van der Waals surface area contributed by atoms with Gasteiger partial charge in [-0.25, -0.2) is 4.79 Å². The average Bonchev–Trinajstić information content (AvgIpc) is 2.31. The highest BCUT2D eigenvalue weighted by molar-refractivity contribution is 5.97. The standard InChI is InChI=1S/C12H12N2O6/c1-6-9(13)3-2-7(11(6)14(19)20)4-8(12(17)18)5-10(15)16/h2-4H,5,13H2,1H3,(H,15,16)(H,17,18)/b8-4+. The molecule has 0 aliphatic rings. The summed E-state index contributed by atoms with van der Waals surface area (Å²) in [6, 6.07) is 2.68. The Morgan fingerprint density at radius 2 is 2.00 bits per heavy atom. The van der Waals surface area contributed by atoms with Gasteiger partial charge in [-0.2, -0.15) is 0 Å². The van der Waals surface area contributed by atoms with Crippen LogP contribution >= 0.6 is 0 Å². The number of nitro groups is 1. The van der Waals surface area contributed by atoms with Crippen LogP contribution in [0.1, 0.15) is 17.5 Å². The number of nitrogens with zero attached hydrogens (tertiary/aromatic N) is 1. The molecule has 0 spiro atoms. The largest absolute Gasteiger partial charge is 0.481 e. The van der Waals surface area contributed by atoms with Crippen LogP contribution in [0.25, 0.3) is 6.08 Å². The number of benzene rings is 1. The number of carboxylic acids is 2. The van der Waals surface area contributed by atoms with E-state index < -0.39 is 28.9 Å². The van der Waals surface area contributed by atoms with Gasteiger partial charge in [0.1, 0.15) is 0 Å². The summed E-state index contributed by atoms with van der Waals surface area (Å²) in [5.74, 6) is -2.79. The SMILES string of the molecule is Cc1c(N)ccc(/C=C(\CC(=O)O)C(=O)O)c1[N+](=O)[O-]. The molecule has 0 amide bonds. The van der Waals surface area contributed by atoms with Gasteiger partial charge < -0.3 is 15.9 Å². The Morgan fingerprint density at radius 3 is 2.45 bits per heavy atom. The van der Waals surface area contributed by atoms with Crippen molar-refractivity contribution >= 4 is 29.4 Å². The monoisotopic (exact) mass is 280 g/mol. The van der Waals surface area contributed by atoms with Crippen molar-refractivity contribution < 1.29 is 24.7 Å². The van der Waals surface area contributed by atoms with Gasteiger partial charge >= 0.3 is 11.9 Å². The van der Waals surface area contributed by atoms with Crippen molar-refractivity contribution in [2.45, 2.75) is 13.3 Å². The first-order valence-corrected chi connectivity index (χ1v) is 5.43. The van der Waals surface area contributed by atoms with Crippen LogP contribution in [0.4, 0.5) is 11.4 Å². The molecule has 106 valence electrons. The number of hydrogen-bond donors (Lipinski definition) is 3. The van der Waals surface area contributed by atoms with Gasteiger partial charge in [0.2, 0.25) is 0 Å². The number of hydrogen-bond acceptors (Lipinski definition) is 5. The van der Waals surface area contributed by atoms with E-state index in [9.17, 15) is 19.7 Å². The van der Waals surface area contributed by atoms with Gasteiger partial charge in [0, 0.05) is 11.3 Å². The number of nitrogen functional groups attached to an aromatic ring is 1. The number of anilines is 1. The maximum atomic E-state index is 11.0. The third-order valence-corrected chi connectivity index (χ3v) is 2.63. The van der Waals surface area contributed by atoms with Gasteiger partial charge in [0.15, 0.2) is 0 Å². The van der Waals surface area contributed by atoms with Crippen LogP contribution in [-0.2, 0) is 9.59 Å². The Morgan fingerprint density at radius 1 is 1.40 bits per heavy atom. The second-order valence-electron chi connectivity index (χ2n) is 4.02. The lowest BCUT2D eigenvalue weighted by atomic mass is 10.0. The summed E-state index contributed by atoms with van der Waals surface area (Å²) in [6.45, 7) is 1.43. The minimum atomic E-state index is -1.45. The molecule has 0 saturated heterocycles. The third-order valence-electron chi connectivity index (χ3n) is 2.63. The molecule has 1 aromatic rings. The zero-order valence-electron chi connectivity index (χ0n) is 10.5. The lowest BCUT2D eigenvalue weighted by Gasteiger charge is -2.05. The van der Waals surface area contributed by atoms with Crippen molar-refractivity contribution in [2.24, 2.45) is 0 Å². The molecular weight excluding hydrogens is 268 g/mol. The fraction of sp³-hybridized carbons (Fsp3) is 0.167. The van der Waals surface area contributed by atoms with Crippen LogP contribution in [0.15, 0.2) is 17.7 Å². The van der Waals surface area contributed by atoms with Gasteiger partial charge in [-0.15, -0.1) is 0 Å². The number of rotatable bonds is 5. The zero-order valence-corrected chi connectivity index (χ0v) is 10.5. The predicted molar refractivity (Wildman–Crippen MR) is 70.1 cm³/mol. The predicted octanol–water partition coefficient (Wildman–Crippen LogP) is 1.43. The fourth-order valence-corrected chi connectivity index (χ4v) is 1.63. The topological polar surface area (TPSA) is 144 Å². The molecule has 0 fully saturated rings. The Kier molecular flexibility index (Phi) is 4.42. The molecule has 0 heterocycles. The molecule has 1 aromatic carbocycles. The molecular formula is C12H12N2O6. The minimum Gasteiger partial charge on any atom is -0.481 e. The molecule has 0 atom stereocenters. The van der Waals surface area contributed by atoms with Crippen molar-refractivity contribution in [3.8, 4) is 0 Å². The highest BCUT2D eigenvalue weighted by Crippen LogP contribution is 2.30. The Balaban J connectivity index is 3.45. The molecule has 0 unspecified atom stereocenters. The second kappa shape index (κ2) is 5.83. The van der Waals surface area contributed by atoms with E-state index in [1.807, 2.05) is 0 Å². The van der Waals surface area contributed by atoms with Gasteiger partial charge in [-0.1, -0.05) is 0 Å². The molecule has 1 rings (SSSR count). The second-order valence-corrected chi connectivity index (χ2v) is 4.02. The quantitative estimate of drug-likeness (QED) is 0.320. The number of nitrogens with two attached hydrogens (primary N) is 1. The molecule has 0 radical (unpaired) electrons. The first-order valence-electron chi connectivity index (χ1n) is 5.43. The number of carboxylic acid groups (broad SMARTS) is 2. The van der Waals surface area contributed by atoms with Crippen molar-refractivity contribution in [2.75, 3.05) is 5.73 Å². The van der Waals surface area contributed by atoms with Crippen LogP contribution in [-0.4, -0.2) is 27.1 Å². The van der Waals surface area contributed by atoms with Gasteiger partial charge in [0.05, 0.1) is 22.5 Å². The number of carbonyl (C=O) groups is 2. The summed E-state index contributed by atoms with van der Waals surface area (Å²) in [6.07, 6.45) is 0.233. The molecule has 4 N–H and O–H groups in total. The molecule has 8 nitrogen and oxygen atoms in total. The minimum absolute atomic E-state index is 0.000324. The highest BCUT2D eigenvalue weighted by atomic mass is 16.6. The van der Waals surface area contributed by atoms with Crippen LogP contribution in [0.2, 0.25) is 0 Å². The van der Waals surface area contributed by atoms with E-state index in [1.54, 1.807) is 0 Å². The Labute approximate surface area is 113 Å². The smallest absolute Gasteiger partial charge is 0.332 e. The van der Waals surface area contributed by atoms with E-state index in [4.69, 9.17) is 15.9 Å². The van der Waals surface area contributed by atoms with Crippen LogP contribution in [0, 0.1) is 17.0 Å². The molecule has 0 saturated carbocycles. The van der Waals surface area contributed by atoms with Crippen LogP contribution in [0.5, 0.6) is 0 Å². The molecule has 0 bridgehead atoms. The van der Waals surface area contributed by atoms with Crippen LogP contribution < -0.4 is 5.73 Å². The van der Waals surface area contributed by atoms with Gasteiger partial charge in [-0.05, 0) is 25.1 Å². The maximum Gasteiger partial charge on any atom is 0.332 e. The third kappa shape index (κ3) is 3.31. The van der Waals surface area contributed by atoms with Gasteiger partial charge in [-0.3, -0.25) is 14.9 Å². The van der Waals surface area contributed by atoms with Crippen molar-refractivity contribution in [1.29, 1.82) is 0 Å². The Hall–Kier alpha value is -2.90. The average molecular weight is 280 g/mol. The first kappa shape index (κ1) is 15.2. The number of aliphatic carboxylic acids is 2. The van der Waals surface area contributed by atoms with Crippen molar-refractivity contribution in [1.82, 2.24) is 0 Å². The summed E-state index contributed by atoms with van der Waals surface area (Å²) < 4.78 is 0. The van der Waals surface area contributed by atoms with E-state index in [2.05, 4.69) is 0 Å². The van der Waals surface area contributed by atoms with E-state index in [0.717, 1.165) is 6.08 Å². The fourth-order valence-electron chi connectivity index (χ4n) is 1.63. The van der Waals surface area contributed by atoms with Crippen molar-refractivity contribution in [3.05, 3.63) is 38.9 Å². The van der Waals surface area contributed by atoms with E-state index in [-0.39, 0.29) is 22.5 Å². The summed E-state index contributed by atoms with van der Waals surface area (Å²) in [4.78, 5) is 31.9. The summed E-state index contributed by atoms with van der Waals surface area (Å²) in [5.41, 5.74) is 5.17. The van der Waals surface area contributed by atoms with E-state index in [0.29, 0.717) is 0 Å². The maximum absolute atomic E-state index is 11.0. The van der Waals surface area contributed by atoms with E-state index in [1.165, 1.54) is 19.1 Å². The zero-order chi connectivity index (χ0) is 15.4. The van der Waals surface area contributed by atoms with E-state index >= 15 is 0 Å². The molecule has 0 aliphatic heterocycles. The molecule has 0 aliphatic carbocycles. The number of nitro benzene ring substituents is 1. The normalized spacial score (nSPS) is 11.2.